The quantitative estimate of drug-likeness (QED) is 0.506. The molecule has 1 fully saturated rings. The Bertz CT molecular complexity index is 553. The molecular weight excluding hydrogens is 370 g/mol. The van der Waals surface area contributed by atoms with Crippen LogP contribution in [0.5, 0.6) is 0 Å². The van der Waals surface area contributed by atoms with E-state index in [1.165, 1.54) is 12.8 Å². The van der Waals surface area contributed by atoms with Crippen LogP contribution in [0.15, 0.2) is 28.7 Å². The number of carbonyl (C=O) groups excluding carboxylic acids is 2. The second kappa shape index (κ2) is 9.82. The predicted octanol–water partition coefficient (Wildman–Crippen LogP) is 4.42. The standard InChI is InChI=1S/C19H26BrNO3/c1-2-3-4-5-13-24-19(23)15-9-11-21(12-10-15)18(22)16-7-6-8-17(20)14-16/h6-8,14-15H,2-5,9-13H2,1H3. The summed E-state index contributed by atoms with van der Waals surface area (Å²) in [4.78, 5) is 26.4. The summed E-state index contributed by atoms with van der Waals surface area (Å²) < 4.78 is 6.27. The lowest BCUT2D eigenvalue weighted by Crippen LogP contribution is -2.40. The van der Waals surface area contributed by atoms with Crippen molar-refractivity contribution >= 4 is 27.8 Å². The topological polar surface area (TPSA) is 46.6 Å². The third-order valence-electron chi connectivity index (χ3n) is 4.43. The zero-order chi connectivity index (χ0) is 17.4. The van der Waals surface area contributed by atoms with Gasteiger partial charge in [0, 0.05) is 23.1 Å². The van der Waals surface area contributed by atoms with Gasteiger partial charge in [-0.3, -0.25) is 9.59 Å². The third kappa shape index (κ3) is 5.62. The Morgan fingerprint density at radius 2 is 1.96 bits per heavy atom. The molecule has 0 aromatic heterocycles. The lowest BCUT2D eigenvalue weighted by atomic mass is 9.96. The Morgan fingerprint density at radius 3 is 2.62 bits per heavy atom. The van der Waals surface area contributed by atoms with Crippen molar-refractivity contribution in [3.05, 3.63) is 34.3 Å². The monoisotopic (exact) mass is 395 g/mol. The Labute approximate surface area is 152 Å². The summed E-state index contributed by atoms with van der Waals surface area (Å²) in [6.45, 7) is 3.91. The minimum atomic E-state index is -0.0962. The summed E-state index contributed by atoms with van der Waals surface area (Å²) in [5.74, 6) is -0.133. The van der Waals surface area contributed by atoms with Gasteiger partial charge < -0.3 is 9.64 Å². The van der Waals surface area contributed by atoms with E-state index in [0.29, 0.717) is 38.1 Å². The smallest absolute Gasteiger partial charge is 0.309 e. The minimum Gasteiger partial charge on any atom is -0.465 e. The molecule has 0 spiro atoms. The van der Waals surface area contributed by atoms with Crippen LogP contribution in [0.2, 0.25) is 0 Å². The van der Waals surface area contributed by atoms with Gasteiger partial charge in [-0.1, -0.05) is 48.2 Å². The second-order valence-corrected chi connectivity index (χ2v) is 7.22. The van der Waals surface area contributed by atoms with Crippen molar-refractivity contribution < 1.29 is 14.3 Å². The number of nitrogens with zero attached hydrogens (tertiary/aromatic N) is 1. The lowest BCUT2D eigenvalue weighted by Gasteiger charge is -2.31. The minimum absolute atomic E-state index is 0.0303. The summed E-state index contributed by atoms with van der Waals surface area (Å²) in [5, 5.41) is 0. The molecule has 0 saturated carbocycles. The molecule has 1 aromatic carbocycles. The first-order chi connectivity index (χ1) is 11.6. The highest BCUT2D eigenvalue weighted by atomic mass is 79.9. The molecule has 24 heavy (non-hydrogen) atoms. The van der Waals surface area contributed by atoms with Crippen molar-refractivity contribution in [3.8, 4) is 0 Å². The number of likely N-dealkylation sites (tertiary alicyclic amines) is 1. The lowest BCUT2D eigenvalue weighted by molar-refractivity contribution is -0.150. The first-order valence-corrected chi connectivity index (χ1v) is 9.62. The Morgan fingerprint density at radius 1 is 1.21 bits per heavy atom. The molecule has 132 valence electrons. The summed E-state index contributed by atoms with van der Waals surface area (Å²) in [7, 11) is 0. The Kier molecular flexibility index (Phi) is 7.76. The number of rotatable bonds is 7. The average Bonchev–Trinajstić information content (AvgIpc) is 2.61. The molecule has 4 nitrogen and oxygen atoms in total. The largest absolute Gasteiger partial charge is 0.465 e. The fraction of sp³-hybridized carbons (Fsp3) is 0.579. The average molecular weight is 396 g/mol. The molecule has 0 radical (unpaired) electrons. The number of unbranched alkanes of at least 4 members (excludes halogenated alkanes) is 3. The maximum absolute atomic E-state index is 12.5. The molecule has 1 aliphatic heterocycles. The van der Waals surface area contributed by atoms with Gasteiger partial charge in [0.25, 0.3) is 5.91 Å². The number of esters is 1. The number of amides is 1. The maximum atomic E-state index is 12.5. The van der Waals surface area contributed by atoms with Crippen LogP contribution in [0.3, 0.4) is 0 Å². The zero-order valence-corrected chi connectivity index (χ0v) is 15.9. The van der Waals surface area contributed by atoms with Crippen molar-refractivity contribution in [1.29, 1.82) is 0 Å². The van der Waals surface area contributed by atoms with Crippen LogP contribution in [0, 0.1) is 5.92 Å². The molecule has 0 bridgehead atoms. The van der Waals surface area contributed by atoms with Crippen LogP contribution in [-0.4, -0.2) is 36.5 Å². The SMILES string of the molecule is CCCCCCOC(=O)C1CCN(C(=O)c2cccc(Br)c2)CC1. The number of piperidine rings is 1. The highest BCUT2D eigenvalue weighted by molar-refractivity contribution is 9.10. The molecule has 0 atom stereocenters. The fourth-order valence-corrected chi connectivity index (χ4v) is 3.34. The molecule has 1 aromatic rings. The summed E-state index contributed by atoms with van der Waals surface area (Å²) >= 11 is 3.39. The van der Waals surface area contributed by atoms with Crippen molar-refractivity contribution in [2.75, 3.05) is 19.7 Å². The van der Waals surface area contributed by atoms with Gasteiger partial charge in [-0.2, -0.15) is 0 Å². The van der Waals surface area contributed by atoms with Crippen molar-refractivity contribution in [2.24, 2.45) is 5.92 Å². The number of benzene rings is 1. The molecule has 5 heteroatoms. The van der Waals surface area contributed by atoms with Gasteiger partial charge in [-0.25, -0.2) is 0 Å². The van der Waals surface area contributed by atoms with E-state index >= 15 is 0 Å². The van der Waals surface area contributed by atoms with E-state index in [1.807, 2.05) is 29.2 Å². The number of carbonyl (C=O) groups is 2. The molecule has 0 N–H and O–H groups in total. The molecule has 0 unspecified atom stereocenters. The first-order valence-electron chi connectivity index (χ1n) is 8.83. The molecule has 1 amide bonds. The van der Waals surface area contributed by atoms with Crippen molar-refractivity contribution in [2.45, 2.75) is 45.4 Å². The van der Waals surface area contributed by atoms with Crippen molar-refractivity contribution in [1.82, 2.24) is 4.90 Å². The van der Waals surface area contributed by atoms with E-state index in [0.717, 1.165) is 17.3 Å². The summed E-state index contributed by atoms with van der Waals surface area (Å²) in [6, 6.07) is 7.42. The maximum Gasteiger partial charge on any atom is 0.309 e. The van der Waals surface area contributed by atoms with Gasteiger partial charge >= 0.3 is 5.97 Å². The van der Waals surface area contributed by atoms with Crippen LogP contribution in [0.1, 0.15) is 55.8 Å². The Balaban J connectivity index is 1.74. The molecule has 1 heterocycles. The van der Waals surface area contributed by atoms with E-state index in [-0.39, 0.29) is 17.8 Å². The van der Waals surface area contributed by atoms with E-state index in [1.54, 1.807) is 0 Å². The molecule has 1 saturated heterocycles. The first kappa shape index (κ1) is 19.0. The molecule has 1 aliphatic rings. The normalized spacial score (nSPS) is 15.3. The number of ether oxygens (including phenoxy) is 1. The second-order valence-electron chi connectivity index (χ2n) is 6.30. The number of hydrogen-bond donors (Lipinski definition) is 0. The van der Waals surface area contributed by atoms with Crippen molar-refractivity contribution in [3.63, 3.8) is 0 Å². The van der Waals surface area contributed by atoms with Gasteiger partial charge in [-0.15, -0.1) is 0 Å². The predicted molar refractivity (Wildman–Crippen MR) is 97.9 cm³/mol. The van der Waals surface area contributed by atoms with E-state index < -0.39 is 0 Å². The van der Waals surface area contributed by atoms with E-state index in [2.05, 4.69) is 22.9 Å². The number of halogens is 1. The van der Waals surface area contributed by atoms with Crippen LogP contribution in [0.25, 0.3) is 0 Å². The van der Waals surface area contributed by atoms with E-state index in [9.17, 15) is 9.59 Å². The fourth-order valence-electron chi connectivity index (χ4n) is 2.94. The molecule has 2 rings (SSSR count). The van der Waals surface area contributed by atoms with Crippen LogP contribution >= 0.6 is 15.9 Å². The van der Waals surface area contributed by atoms with Gasteiger partial charge in [0.1, 0.15) is 0 Å². The molecular formula is C19H26BrNO3. The highest BCUT2D eigenvalue weighted by Gasteiger charge is 2.28. The van der Waals surface area contributed by atoms with Gasteiger partial charge in [0.05, 0.1) is 12.5 Å². The van der Waals surface area contributed by atoms with E-state index in [4.69, 9.17) is 4.74 Å². The van der Waals surface area contributed by atoms with Crippen LogP contribution < -0.4 is 0 Å². The number of hydrogen-bond acceptors (Lipinski definition) is 3. The van der Waals surface area contributed by atoms with Crippen LogP contribution in [0.4, 0.5) is 0 Å². The highest BCUT2D eigenvalue weighted by Crippen LogP contribution is 2.21. The summed E-state index contributed by atoms with van der Waals surface area (Å²) in [5.41, 5.74) is 0.682. The van der Waals surface area contributed by atoms with Crippen LogP contribution in [-0.2, 0) is 9.53 Å². The summed E-state index contributed by atoms with van der Waals surface area (Å²) in [6.07, 6.45) is 5.80. The zero-order valence-electron chi connectivity index (χ0n) is 14.3. The van der Waals surface area contributed by atoms with Gasteiger partial charge in [0.15, 0.2) is 0 Å². The Hall–Kier alpha value is -1.36. The molecule has 0 aliphatic carbocycles. The van der Waals surface area contributed by atoms with Gasteiger partial charge in [0.2, 0.25) is 0 Å². The van der Waals surface area contributed by atoms with Gasteiger partial charge in [-0.05, 0) is 37.5 Å². The third-order valence-corrected chi connectivity index (χ3v) is 4.92.